The zero-order chi connectivity index (χ0) is 14.5. The molecule has 0 aromatic heterocycles. The Labute approximate surface area is 138 Å². The molecular formula is C16H17BrClNS. The summed E-state index contributed by atoms with van der Waals surface area (Å²) in [6.45, 7) is 5.16. The molecule has 2 rings (SSSR count). The highest BCUT2D eigenvalue weighted by Gasteiger charge is 2.10. The summed E-state index contributed by atoms with van der Waals surface area (Å²) in [6.07, 6.45) is 0. The second kappa shape index (κ2) is 7.51. The minimum atomic E-state index is 0.273. The van der Waals surface area contributed by atoms with Gasteiger partial charge in [-0.2, -0.15) is 0 Å². The van der Waals surface area contributed by atoms with Gasteiger partial charge in [0.2, 0.25) is 0 Å². The predicted molar refractivity (Wildman–Crippen MR) is 91.8 cm³/mol. The van der Waals surface area contributed by atoms with Crippen molar-refractivity contribution in [1.29, 1.82) is 0 Å². The molecule has 0 fully saturated rings. The highest BCUT2D eigenvalue weighted by molar-refractivity contribution is 9.10. The van der Waals surface area contributed by atoms with Gasteiger partial charge in [-0.05, 0) is 59.2 Å². The Hall–Kier alpha value is -0.480. The molecule has 2 aromatic rings. The smallest absolute Gasteiger partial charge is 0.0464 e. The van der Waals surface area contributed by atoms with Gasteiger partial charge in [0.05, 0.1) is 0 Å². The van der Waals surface area contributed by atoms with Gasteiger partial charge in [-0.15, -0.1) is 0 Å². The number of rotatable bonds is 5. The van der Waals surface area contributed by atoms with E-state index in [1.165, 1.54) is 4.90 Å². The highest BCUT2D eigenvalue weighted by Crippen LogP contribution is 2.36. The van der Waals surface area contributed by atoms with Crippen molar-refractivity contribution in [3.8, 4) is 0 Å². The quantitative estimate of drug-likeness (QED) is 0.700. The van der Waals surface area contributed by atoms with E-state index in [0.717, 1.165) is 26.5 Å². The first kappa shape index (κ1) is 15.9. The lowest BCUT2D eigenvalue weighted by molar-refractivity contribution is 0.598. The topological polar surface area (TPSA) is 12.0 Å². The van der Waals surface area contributed by atoms with Crippen molar-refractivity contribution in [2.75, 3.05) is 6.54 Å². The Kier molecular flexibility index (Phi) is 5.97. The molecule has 0 heterocycles. The van der Waals surface area contributed by atoms with Crippen molar-refractivity contribution in [1.82, 2.24) is 5.32 Å². The van der Waals surface area contributed by atoms with Gasteiger partial charge in [0.1, 0.15) is 0 Å². The summed E-state index contributed by atoms with van der Waals surface area (Å²) in [7, 11) is 0. The van der Waals surface area contributed by atoms with Crippen LogP contribution in [0.25, 0.3) is 0 Å². The van der Waals surface area contributed by atoms with Crippen molar-refractivity contribution in [3.05, 3.63) is 57.5 Å². The fourth-order valence-corrected chi connectivity index (χ4v) is 3.81. The maximum atomic E-state index is 6.40. The molecule has 0 radical (unpaired) electrons. The van der Waals surface area contributed by atoms with Gasteiger partial charge in [-0.25, -0.2) is 0 Å². The third-order valence-electron chi connectivity index (χ3n) is 3.01. The molecule has 106 valence electrons. The maximum Gasteiger partial charge on any atom is 0.0464 e. The molecule has 0 aliphatic rings. The van der Waals surface area contributed by atoms with Gasteiger partial charge in [-0.3, -0.25) is 0 Å². The fourth-order valence-electron chi connectivity index (χ4n) is 1.99. The van der Waals surface area contributed by atoms with Crippen LogP contribution in [0.3, 0.4) is 0 Å². The summed E-state index contributed by atoms with van der Waals surface area (Å²) < 4.78 is 1.10. The summed E-state index contributed by atoms with van der Waals surface area (Å²) in [5.41, 5.74) is 1.14. The Morgan fingerprint density at radius 2 is 2.00 bits per heavy atom. The van der Waals surface area contributed by atoms with Gasteiger partial charge >= 0.3 is 0 Å². The molecule has 2 aromatic carbocycles. The average Bonchev–Trinajstić information content (AvgIpc) is 2.42. The van der Waals surface area contributed by atoms with E-state index < -0.39 is 0 Å². The first-order chi connectivity index (χ1) is 9.61. The molecule has 1 N–H and O–H groups in total. The van der Waals surface area contributed by atoms with E-state index in [9.17, 15) is 0 Å². The van der Waals surface area contributed by atoms with Gasteiger partial charge in [0.15, 0.2) is 0 Å². The molecule has 1 atom stereocenters. The van der Waals surface area contributed by atoms with E-state index in [1.54, 1.807) is 11.8 Å². The van der Waals surface area contributed by atoms with Crippen LogP contribution < -0.4 is 5.32 Å². The molecule has 0 amide bonds. The summed E-state index contributed by atoms with van der Waals surface area (Å²) >= 11 is 11.7. The van der Waals surface area contributed by atoms with Crippen LogP contribution in [0, 0.1) is 0 Å². The standard InChI is InChI=1S/C16H17BrClNS/c1-3-19-11(2)13-9-8-12(10-15(13)18)20-16-7-5-4-6-14(16)17/h4-11,19H,3H2,1-2H3. The van der Waals surface area contributed by atoms with Gasteiger partial charge in [0.25, 0.3) is 0 Å². The Balaban J connectivity index is 2.19. The van der Waals surface area contributed by atoms with Crippen LogP contribution in [-0.4, -0.2) is 6.54 Å². The zero-order valence-corrected chi connectivity index (χ0v) is 14.6. The van der Waals surface area contributed by atoms with Crippen LogP contribution in [0.1, 0.15) is 25.5 Å². The SMILES string of the molecule is CCNC(C)c1ccc(Sc2ccccc2Br)cc1Cl. The number of nitrogens with one attached hydrogen (secondary N) is 1. The van der Waals surface area contributed by atoms with E-state index in [0.29, 0.717) is 0 Å². The first-order valence-corrected chi connectivity index (χ1v) is 8.55. The molecule has 1 unspecified atom stereocenters. The minimum Gasteiger partial charge on any atom is -0.310 e. The third-order valence-corrected chi connectivity index (χ3v) is 5.36. The van der Waals surface area contributed by atoms with Crippen molar-refractivity contribution in [2.45, 2.75) is 29.7 Å². The van der Waals surface area contributed by atoms with Gasteiger partial charge < -0.3 is 5.32 Å². The molecule has 0 saturated heterocycles. The minimum absolute atomic E-state index is 0.273. The van der Waals surface area contributed by atoms with Crippen LogP contribution in [-0.2, 0) is 0 Å². The van der Waals surface area contributed by atoms with Crippen molar-refractivity contribution >= 4 is 39.3 Å². The highest BCUT2D eigenvalue weighted by atomic mass is 79.9. The van der Waals surface area contributed by atoms with Crippen molar-refractivity contribution in [2.24, 2.45) is 0 Å². The van der Waals surface area contributed by atoms with E-state index in [1.807, 2.05) is 24.3 Å². The second-order valence-electron chi connectivity index (χ2n) is 4.50. The van der Waals surface area contributed by atoms with E-state index in [-0.39, 0.29) is 6.04 Å². The lowest BCUT2D eigenvalue weighted by atomic mass is 10.1. The Morgan fingerprint density at radius 1 is 1.25 bits per heavy atom. The fraction of sp³-hybridized carbons (Fsp3) is 0.250. The molecular weight excluding hydrogens is 354 g/mol. The number of benzene rings is 2. The van der Waals surface area contributed by atoms with Crippen molar-refractivity contribution < 1.29 is 0 Å². The lowest BCUT2D eigenvalue weighted by Gasteiger charge is -2.15. The zero-order valence-electron chi connectivity index (χ0n) is 11.5. The molecule has 0 aliphatic heterocycles. The molecule has 4 heteroatoms. The summed E-state index contributed by atoms with van der Waals surface area (Å²) in [5, 5.41) is 4.20. The van der Waals surface area contributed by atoms with E-state index in [4.69, 9.17) is 11.6 Å². The van der Waals surface area contributed by atoms with Gasteiger partial charge in [-0.1, -0.05) is 48.5 Å². The van der Waals surface area contributed by atoms with E-state index >= 15 is 0 Å². The number of hydrogen-bond donors (Lipinski definition) is 1. The second-order valence-corrected chi connectivity index (χ2v) is 6.87. The molecule has 0 aliphatic carbocycles. The number of halogens is 2. The van der Waals surface area contributed by atoms with Gasteiger partial charge in [0, 0.05) is 25.3 Å². The normalized spacial score (nSPS) is 12.4. The Morgan fingerprint density at radius 3 is 2.65 bits per heavy atom. The molecule has 1 nitrogen and oxygen atoms in total. The first-order valence-electron chi connectivity index (χ1n) is 6.57. The van der Waals surface area contributed by atoms with Crippen LogP contribution in [0.4, 0.5) is 0 Å². The van der Waals surface area contributed by atoms with Crippen LogP contribution in [0.5, 0.6) is 0 Å². The lowest BCUT2D eigenvalue weighted by Crippen LogP contribution is -2.17. The molecule has 0 saturated carbocycles. The Bertz CT molecular complexity index is 588. The molecule has 20 heavy (non-hydrogen) atoms. The van der Waals surface area contributed by atoms with Crippen molar-refractivity contribution in [3.63, 3.8) is 0 Å². The van der Waals surface area contributed by atoms with Crippen LogP contribution in [0.2, 0.25) is 5.02 Å². The number of hydrogen-bond acceptors (Lipinski definition) is 2. The molecule has 0 bridgehead atoms. The van der Waals surface area contributed by atoms with E-state index in [2.05, 4.69) is 53.3 Å². The average molecular weight is 371 g/mol. The van der Waals surface area contributed by atoms with Crippen LogP contribution in [0.15, 0.2) is 56.7 Å². The summed E-state index contributed by atoms with van der Waals surface area (Å²) in [5.74, 6) is 0. The monoisotopic (exact) mass is 369 g/mol. The maximum absolute atomic E-state index is 6.40. The summed E-state index contributed by atoms with van der Waals surface area (Å²) in [4.78, 5) is 2.34. The summed E-state index contributed by atoms with van der Waals surface area (Å²) in [6, 6.07) is 14.7. The molecule has 0 spiro atoms. The largest absolute Gasteiger partial charge is 0.310 e. The third kappa shape index (κ3) is 4.01. The van der Waals surface area contributed by atoms with Crippen LogP contribution >= 0.6 is 39.3 Å². The predicted octanol–water partition coefficient (Wildman–Crippen LogP) is 5.92.